The van der Waals surface area contributed by atoms with Crippen LogP contribution in [0.4, 0.5) is 0 Å². The molecule has 0 aliphatic rings. The lowest BCUT2D eigenvalue weighted by Crippen LogP contribution is -2.28. The molecule has 1 rings (SSSR count). The summed E-state index contributed by atoms with van der Waals surface area (Å²) in [5.41, 5.74) is 1.34. The summed E-state index contributed by atoms with van der Waals surface area (Å²) in [6, 6.07) is 2.75. The second kappa shape index (κ2) is 7.49. The van der Waals surface area contributed by atoms with Crippen LogP contribution in [0.25, 0.3) is 0 Å². The Morgan fingerprint density at radius 1 is 1.41 bits per heavy atom. The van der Waals surface area contributed by atoms with Crippen molar-refractivity contribution in [2.45, 2.75) is 52.5 Å². The molecule has 0 saturated carbocycles. The van der Waals surface area contributed by atoms with Crippen LogP contribution in [0.2, 0.25) is 0 Å². The van der Waals surface area contributed by atoms with Gasteiger partial charge in [0.15, 0.2) is 0 Å². The van der Waals surface area contributed by atoms with Crippen LogP contribution in [-0.2, 0) is 13.5 Å². The average Bonchev–Trinajstić information content (AvgIpc) is 2.69. The Balaban J connectivity index is 2.21. The van der Waals surface area contributed by atoms with Crippen LogP contribution < -0.4 is 5.32 Å². The molecule has 98 valence electrons. The summed E-state index contributed by atoms with van der Waals surface area (Å²) in [5.74, 6) is 0.768. The number of nitrogens with zero attached hydrogens (tertiary/aromatic N) is 2. The third-order valence-electron chi connectivity index (χ3n) is 3.31. The maximum Gasteiger partial charge on any atom is 0.0492 e. The van der Waals surface area contributed by atoms with Gasteiger partial charge in [-0.2, -0.15) is 5.10 Å². The number of hydrogen-bond acceptors (Lipinski definition) is 2. The lowest BCUT2D eigenvalue weighted by Gasteiger charge is -2.18. The van der Waals surface area contributed by atoms with Gasteiger partial charge < -0.3 is 5.32 Å². The number of aryl methyl sites for hydroxylation is 2. The smallest absolute Gasteiger partial charge is 0.0492 e. The summed E-state index contributed by atoms with van der Waals surface area (Å²) in [5, 5.41) is 7.75. The molecular weight excluding hydrogens is 210 g/mol. The van der Waals surface area contributed by atoms with Gasteiger partial charge in [0.1, 0.15) is 0 Å². The minimum absolute atomic E-state index is 0.636. The standard InChI is InChI=1S/C14H27N3/c1-5-9-15-13(3)11-12(2)6-7-14-8-10-16-17(14)4/h8,10,12-13,15H,5-7,9,11H2,1-4H3. The van der Waals surface area contributed by atoms with Crippen LogP contribution in [0.15, 0.2) is 12.3 Å². The number of rotatable bonds is 8. The fourth-order valence-electron chi connectivity index (χ4n) is 2.24. The molecule has 1 N–H and O–H groups in total. The SMILES string of the molecule is CCCNC(C)CC(C)CCc1ccnn1C. The van der Waals surface area contributed by atoms with E-state index in [0.717, 1.165) is 18.9 Å². The summed E-state index contributed by atoms with van der Waals surface area (Å²) in [6.07, 6.45) is 6.74. The van der Waals surface area contributed by atoms with Crippen molar-refractivity contribution in [2.75, 3.05) is 6.54 Å². The van der Waals surface area contributed by atoms with Gasteiger partial charge in [-0.15, -0.1) is 0 Å². The second-order valence-corrected chi connectivity index (χ2v) is 5.18. The van der Waals surface area contributed by atoms with E-state index >= 15 is 0 Å². The predicted molar refractivity (Wildman–Crippen MR) is 73.1 cm³/mol. The maximum atomic E-state index is 4.20. The molecule has 2 unspecified atom stereocenters. The van der Waals surface area contributed by atoms with Crippen LogP contribution in [0.1, 0.15) is 45.7 Å². The molecule has 0 amide bonds. The lowest BCUT2D eigenvalue weighted by molar-refractivity contribution is 0.400. The molecule has 0 fully saturated rings. The van der Waals surface area contributed by atoms with E-state index in [1.54, 1.807) is 0 Å². The first-order chi connectivity index (χ1) is 8.13. The van der Waals surface area contributed by atoms with Crippen LogP contribution in [-0.4, -0.2) is 22.4 Å². The van der Waals surface area contributed by atoms with Crippen LogP contribution in [0.5, 0.6) is 0 Å². The molecule has 0 saturated heterocycles. The van der Waals surface area contributed by atoms with Crippen molar-refractivity contribution < 1.29 is 0 Å². The molecule has 1 heterocycles. The van der Waals surface area contributed by atoms with Crippen molar-refractivity contribution >= 4 is 0 Å². The first-order valence-corrected chi connectivity index (χ1v) is 6.83. The average molecular weight is 237 g/mol. The number of aromatic nitrogens is 2. The Morgan fingerprint density at radius 3 is 2.76 bits per heavy atom. The molecule has 1 aromatic heterocycles. The minimum atomic E-state index is 0.636. The summed E-state index contributed by atoms with van der Waals surface area (Å²) in [6.45, 7) is 7.98. The largest absolute Gasteiger partial charge is 0.314 e. The first kappa shape index (κ1) is 14.2. The molecule has 1 aromatic rings. The van der Waals surface area contributed by atoms with E-state index in [0.29, 0.717) is 6.04 Å². The molecule has 0 bridgehead atoms. The molecule has 2 atom stereocenters. The highest BCUT2D eigenvalue weighted by Crippen LogP contribution is 2.14. The van der Waals surface area contributed by atoms with Crippen molar-refractivity contribution in [1.29, 1.82) is 0 Å². The van der Waals surface area contributed by atoms with Gasteiger partial charge in [0.25, 0.3) is 0 Å². The number of hydrogen-bond donors (Lipinski definition) is 1. The molecule has 0 aliphatic carbocycles. The van der Waals surface area contributed by atoms with E-state index < -0.39 is 0 Å². The molecule has 3 nitrogen and oxygen atoms in total. The zero-order valence-electron chi connectivity index (χ0n) is 11.7. The van der Waals surface area contributed by atoms with Crippen molar-refractivity contribution in [3.8, 4) is 0 Å². The van der Waals surface area contributed by atoms with Gasteiger partial charge in [0.05, 0.1) is 0 Å². The van der Waals surface area contributed by atoms with E-state index in [-0.39, 0.29) is 0 Å². The van der Waals surface area contributed by atoms with Gasteiger partial charge >= 0.3 is 0 Å². The van der Waals surface area contributed by atoms with Crippen LogP contribution >= 0.6 is 0 Å². The van der Waals surface area contributed by atoms with Crippen molar-refractivity contribution in [1.82, 2.24) is 15.1 Å². The zero-order chi connectivity index (χ0) is 12.7. The third-order valence-corrected chi connectivity index (χ3v) is 3.31. The quantitative estimate of drug-likeness (QED) is 0.753. The molecule has 0 spiro atoms. The Kier molecular flexibility index (Phi) is 6.27. The Labute approximate surface area is 106 Å². The molecule has 0 radical (unpaired) electrons. The zero-order valence-corrected chi connectivity index (χ0v) is 11.7. The Morgan fingerprint density at radius 2 is 2.18 bits per heavy atom. The van der Waals surface area contributed by atoms with Crippen molar-refractivity contribution in [3.05, 3.63) is 18.0 Å². The van der Waals surface area contributed by atoms with E-state index in [4.69, 9.17) is 0 Å². The molecule has 3 heteroatoms. The first-order valence-electron chi connectivity index (χ1n) is 6.83. The fourth-order valence-corrected chi connectivity index (χ4v) is 2.24. The fraction of sp³-hybridized carbons (Fsp3) is 0.786. The van der Waals surface area contributed by atoms with Crippen molar-refractivity contribution in [2.24, 2.45) is 13.0 Å². The maximum absolute atomic E-state index is 4.20. The highest BCUT2D eigenvalue weighted by Gasteiger charge is 2.09. The van der Waals surface area contributed by atoms with Crippen molar-refractivity contribution in [3.63, 3.8) is 0 Å². The highest BCUT2D eigenvalue weighted by atomic mass is 15.2. The topological polar surface area (TPSA) is 29.9 Å². The van der Waals surface area contributed by atoms with E-state index in [9.17, 15) is 0 Å². The third kappa shape index (κ3) is 5.35. The predicted octanol–water partition coefficient (Wildman–Crippen LogP) is 2.77. The Bertz CT molecular complexity index is 306. The van der Waals surface area contributed by atoms with Gasteiger partial charge in [-0.25, -0.2) is 0 Å². The minimum Gasteiger partial charge on any atom is -0.314 e. The van der Waals surface area contributed by atoms with Gasteiger partial charge in [-0.1, -0.05) is 13.8 Å². The summed E-state index contributed by atoms with van der Waals surface area (Å²) >= 11 is 0. The summed E-state index contributed by atoms with van der Waals surface area (Å²) < 4.78 is 1.98. The molecule has 0 aromatic carbocycles. The van der Waals surface area contributed by atoms with E-state index in [1.165, 1.54) is 25.0 Å². The van der Waals surface area contributed by atoms with Gasteiger partial charge in [0, 0.05) is 25.0 Å². The lowest BCUT2D eigenvalue weighted by atomic mass is 9.97. The Hall–Kier alpha value is -0.830. The summed E-state index contributed by atoms with van der Waals surface area (Å²) in [7, 11) is 2.02. The van der Waals surface area contributed by atoms with Gasteiger partial charge in [0.2, 0.25) is 0 Å². The molecular formula is C14H27N3. The van der Waals surface area contributed by atoms with E-state index in [2.05, 4.69) is 37.3 Å². The monoisotopic (exact) mass is 237 g/mol. The highest BCUT2D eigenvalue weighted by molar-refractivity contribution is 4.99. The number of nitrogens with one attached hydrogen (secondary N) is 1. The second-order valence-electron chi connectivity index (χ2n) is 5.18. The molecule has 17 heavy (non-hydrogen) atoms. The van der Waals surface area contributed by atoms with Crippen LogP contribution in [0, 0.1) is 5.92 Å². The van der Waals surface area contributed by atoms with E-state index in [1.807, 2.05) is 17.9 Å². The van der Waals surface area contributed by atoms with Crippen LogP contribution in [0.3, 0.4) is 0 Å². The van der Waals surface area contributed by atoms with Gasteiger partial charge in [-0.05, 0) is 51.1 Å². The van der Waals surface area contributed by atoms with Gasteiger partial charge in [-0.3, -0.25) is 4.68 Å². The summed E-state index contributed by atoms with van der Waals surface area (Å²) in [4.78, 5) is 0. The normalized spacial score (nSPS) is 14.8. The molecule has 0 aliphatic heterocycles.